The van der Waals surface area contributed by atoms with Crippen molar-refractivity contribution in [3.63, 3.8) is 0 Å². The average molecular weight is 310 g/mol. The number of benzene rings is 1. The molecule has 6 heteroatoms. The van der Waals surface area contributed by atoms with Gasteiger partial charge in [0.1, 0.15) is 0 Å². The van der Waals surface area contributed by atoms with Crippen LogP contribution in [0, 0.1) is 0 Å². The summed E-state index contributed by atoms with van der Waals surface area (Å²) in [6, 6.07) is 11.4. The Morgan fingerprint density at radius 2 is 2.09 bits per heavy atom. The summed E-state index contributed by atoms with van der Waals surface area (Å²) in [6.45, 7) is 2.77. The van der Waals surface area contributed by atoms with Crippen molar-refractivity contribution in [1.82, 2.24) is 20.1 Å². The SMILES string of the molecule is CCOc1ncccc1CNC(=O)c1nn(C)c2ccccc12. The molecule has 3 rings (SSSR count). The Morgan fingerprint density at radius 1 is 1.26 bits per heavy atom. The number of para-hydroxylation sites is 1. The van der Waals surface area contributed by atoms with Gasteiger partial charge in [-0.15, -0.1) is 0 Å². The molecule has 0 aliphatic carbocycles. The largest absolute Gasteiger partial charge is 0.478 e. The molecule has 1 N–H and O–H groups in total. The van der Waals surface area contributed by atoms with Crippen LogP contribution in [0.5, 0.6) is 5.88 Å². The average Bonchev–Trinajstić information content (AvgIpc) is 2.92. The third-order valence-corrected chi connectivity index (χ3v) is 3.54. The van der Waals surface area contributed by atoms with Gasteiger partial charge in [-0.3, -0.25) is 9.48 Å². The Morgan fingerprint density at radius 3 is 2.91 bits per heavy atom. The van der Waals surface area contributed by atoms with Gasteiger partial charge in [-0.25, -0.2) is 4.98 Å². The molecule has 0 bridgehead atoms. The summed E-state index contributed by atoms with van der Waals surface area (Å²) >= 11 is 0. The van der Waals surface area contributed by atoms with Crippen molar-refractivity contribution < 1.29 is 9.53 Å². The zero-order chi connectivity index (χ0) is 16.2. The topological polar surface area (TPSA) is 69.0 Å². The Bertz CT molecular complexity index is 841. The maximum Gasteiger partial charge on any atom is 0.272 e. The Hall–Kier alpha value is -2.89. The second kappa shape index (κ2) is 6.48. The summed E-state index contributed by atoms with van der Waals surface area (Å²) in [4.78, 5) is 16.6. The van der Waals surface area contributed by atoms with E-state index in [4.69, 9.17) is 4.74 Å². The van der Waals surface area contributed by atoms with Crippen molar-refractivity contribution in [3.05, 3.63) is 53.9 Å². The molecule has 6 nitrogen and oxygen atoms in total. The first kappa shape index (κ1) is 15.0. The zero-order valence-corrected chi connectivity index (χ0v) is 13.1. The van der Waals surface area contributed by atoms with E-state index < -0.39 is 0 Å². The van der Waals surface area contributed by atoms with E-state index in [0.29, 0.717) is 24.7 Å². The van der Waals surface area contributed by atoms with Crippen molar-refractivity contribution in [1.29, 1.82) is 0 Å². The van der Waals surface area contributed by atoms with E-state index in [2.05, 4.69) is 15.4 Å². The number of rotatable bonds is 5. The number of carbonyl (C=O) groups is 1. The lowest BCUT2D eigenvalue weighted by Crippen LogP contribution is -2.24. The van der Waals surface area contributed by atoms with Gasteiger partial charge in [0.05, 0.1) is 12.1 Å². The van der Waals surface area contributed by atoms with Crippen molar-refractivity contribution in [2.45, 2.75) is 13.5 Å². The van der Waals surface area contributed by atoms with E-state index in [-0.39, 0.29) is 5.91 Å². The quantitative estimate of drug-likeness (QED) is 0.785. The molecule has 1 aromatic carbocycles. The number of carbonyl (C=O) groups excluding carboxylic acids is 1. The molecule has 1 amide bonds. The minimum Gasteiger partial charge on any atom is -0.478 e. The number of nitrogens with zero attached hydrogens (tertiary/aromatic N) is 3. The highest BCUT2D eigenvalue weighted by Crippen LogP contribution is 2.18. The van der Waals surface area contributed by atoms with E-state index >= 15 is 0 Å². The van der Waals surface area contributed by atoms with E-state index in [0.717, 1.165) is 16.5 Å². The van der Waals surface area contributed by atoms with Gasteiger partial charge < -0.3 is 10.1 Å². The van der Waals surface area contributed by atoms with Gasteiger partial charge in [0, 0.05) is 30.7 Å². The molecule has 2 aromatic heterocycles. The monoisotopic (exact) mass is 310 g/mol. The summed E-state index contributed by atoms with van der Waals surface area (Å²) in [5.41, 5.74) is 2.18. The molecule has 0 saturated carbocycles. The van der Waals surface area contributed by atoms with Crippen molar-refractivity contribution in [2.24, 2.45) is 7.05 Å². The first-order valence-electron chi connectivity index (χ1n) is 7.47. The number of aromatic nitrogens is 3. The molecular weight excluding hydrogens is 292 g/mol. The van der Waals surface area contributed by atoms with Gasteiger partial charge in [0.15, 0.2) is 5.69 Å². The molecule has 0 unspecified atom stereocenters. The molecule has 0 fully saturated rings. The summed E-state index contributed by atoms with van der Waals surface area (Å²) in [6.07, 6.45) is 1.67. The maximum atomic E-state index is 12.5. The van der Waals surface area contributed by atoms with Crippen LogP contribution >= 0.6 is 0 Å². The maximum absolute atomic E-state index is 12.5. The van der Waals surface area contributed by atoms with Crippen LogP contribution in [0.25, 0.3) is 10.9 Å². The minimum absolute atomic E-state index is 0.215. The Labute approximate surface area is 134 Å². The van der Waals surface area contributed by atoms with E-state index in [1.807, 2.05) is 50.4 Å². The number of nitrogens with one attached hydrogen (secondary N) is 1. The van der Waals surface area contributed by atoms with Crippen LogP contribution < -0.4 is 10.1 Å². The summed E-state index contributed by atoms with van der Waals surface area (Å²) < 4.78 is 7.18. The van der Waals surface area contributed by atoms with Gasteiger partial charge in [0.2, 0.25) is 5.88 Å². The number of pyridine rings is 1. The van der Waals surface area contributed by atoms with Crippen LogP contribution in [0.15, 0.2) is 42.6 Å². The molecule has 0 atom stereocenters. The van der Waals surface area contributed by atoms with Crippen LogP contribution in [0.3, 0.4) is 0 Å². The van der Waals surface area contributed by atoms with Crippen molar-refractivity contribution >= 4 is 16.8 Å². The lowest BCUT2D eigenvalue weighted by atomic mass is 10.2. The molecule has 0 saturated heterocycles. The predicted octanol–water partition coefficient (Wildman–Crippen LogP) is 2.30. The first-order chi connectivity index (χ1) is 11.2. The highest BCUT2D eigenvalue weighted by molar-refractivity contribution is 6.04. The van der Waals surface area contributed by atoms with Crippen molar-refractivity contribution in [3.8, 4) is 5.88 Å². The van der Waals surface area contributed by atoms with E-state index in [1.54, 1.807) is 10.9 Å². The van der Waals surface area contributed by atoms with Crippen LogP contribution in [-0.4, -0.2) is 27.3 Å². The van der Waals surface area contributed by atoms with Crippen LogP contribution in [0.2, 0.25) is 0 Å². The van der Waals surface area contributed by atoms with Gasteiger partial charge >= 0.3 is 0 Å². The van der Waals surface area contributed by atoms with Crippen LogP contribution in [0.4, 0.5) is 0 Å². The van der Waals surface area contributed by atoms with Gasteiger partial charge in [-0.1, -0.05) is 24.3 Å². The number of amides is 1. The lowest BCUT2D eigenvalue weighted by Gasteiger charge is -2.09. The summed E-state index contributed by atoms with van der Waals surface area (Å²) in [7, 11) is 1.83. The predicted molar refractivity (Wildman–Crippen MR) is 87.3 cm³/mol. The fourth-order valence-corrected chi connectivity index (χ4v) is 2.47. The second-order valence-corrected chi connectivity index (χ2v) is 5.07. The molecule has 0 spiro atoms. The number of fused-ring (bicyclic) bond motifs is 1. The number of hydrogen-bond acceptors (Lipinski definition) is 4. The zero-order valence-electron chi connectivity index (χ0n) is 13.1. The molecule has 3 aromatic rings. The first-order valence-corrected chi connectivity index (χ1v) is 7.47. The highest BCUT2D eigenvalue weighted by atomic mass is 16.5. The number of ether oxygens (including phenoxy) is 1. The molecule has 118 valence electrons. The number of aryl methyl sites for hydroxylation is 1. The standard InChI is InChI=1S/C17H18N4O2/c1-3-23-17-12(7-6-10-18-17)11-19-16(22)15-13-8-4-5-9-14(13)21(2)20-15/h4-10H,3,11H2,1-2H3,(H,19,22). The summed E-state index contributed by atoms with van der Waals surface area (Å²) in [5, 5.41) is 8.04. The lowest BCUT2D eigenvalue weighted by molar-refractivity contribution is 0.0946. The molecule has 23 heavy (non-hydrogen) atoms. The Kier molecular flexibility index (Phi) is 4.23. The smallest absolute Gasteiger partial charge is 0.272 e. The second-order valence-electron chi connectivity index (χ2n) is 5.07. The highest BCUT2D eigenvalue weighted by Gasteiger charge is 2.16. The minimum atomic E-state index is -0.215. The molecule has 0 aliphatic heterocycles. The van der Waals surface area contributed by atoms with Crippen molar-refractivity contribution in [2.75, 3.05) is 6.61 Å². The third kappa shape index (κ3) is 3.01. The van der Waals surface area contributed by atoms with E-state index in [9.17, 15) is 4.79 Å². The normalized spacial score (nSPS) is 10.7. The fraction of sp³-hybridized carbons (Fsp3) is 0.235. The van der Waals surface area contributed by atoms with Crippen LogP contribution in [-0.2, 0) is 13.6 Å². The summed E-state index contributed by atoms with van der Waals surface area (Å²) in [5.74, 6) is 0.328. The fourth-order valence-electron chi connectivity index (χ4n) is 2.47. The molecular formula is C17H18N4O2. The molecule has 2 heterocycles. The van der Waals surface area contributed by atoms with Gasteiger partial charge in [-0.05, 0) is 19.1 Å². The molecule has 0 aliphatic rings. The number of hydrogen-bond donors (Lipinski definition) is 1. The molecule has 0 radical (unpaired) electrons. The van der Waals surface area contributed by atoms with Crippen LogP contribution in [0.1, 0.15) is 23.0 Å². The van der Waals surface area contributed by atoms with Gasteiger partial charge in [0.25, 0.3) is 5.91 Å². The van der Waals surface area contributed by atoms with E-state index in [1.165, 1.54) is 0 Å². The third-order valence-electron chi connectivity index (χ3n) is 3.54. The Balaban J connectivity index is 1.80. The van der Waals surface area contributed by atoms with Gasteiger partial charge in [-0.2, -0.15) is 5.10 Å².